The van der Waals surface area contributed by atoms with Crippen LogP contribution in [-0.4, -0.2) is 34.1 Å². The van der Waals surface area contributed by atoms with Crippen LogP contribution < -0.4 is 22.3 Å². The molecule has 0 spiro atoms. The van der Waals surface area contributed by atoms with Gasteiger partial charge in [-0.2, -0.15) is 4.58 Å². The number of hydrogen-bond donors (Lipinski definition) is 1. The number of para-hydroxylation sites is 1. The van der Waals surface area contributed by atoms with Crippen LogP contribution in [-0.2, 0) is 10.2 Å². The van der Waals surface area contributed by atoms with Gasteiger partial charge in [0.2, 0.25) is 11.7 Å². The van der Waals surface area contributed by atoms with Gasteiger partial charge >= 0.3 is 0 Å². The number of nitrogens with zero attached hydrogens (tertiary/aromatic N) is 2. The smallest absolute Gasteiger partial charge is 0.269 e. The molecule has 1 aliphatic rings. The van der Waals surface area contributed by atoms with Crippen molar-refractivity contribution in [2.45, 2.75) is 51.5 Å². The van der Waals surface area contributed by atoms with Crippen LogP contribution in [0.2, 0.25) is 0 Å². The van der Waals surface area contributed by atoms with E-state index in [2.05, 4.69) is 48.9 Å². The highest BCUT2D eigenvalue weighted by Crippen LogP contribution is 2.40. The van der Waals surface area contributed by atoms with Gasteiger partial charge in [0.25, 0.3) is 5.69 Å². The third kappa shape index (κ3) is 4.78. The Morgan fingerprint density at radius 1 is 1.13 bits per heavy atom. The van der Waals surface area contributed by atoms with Gasteiger partial charge in [0.15, 0.2) is 12.0 Å². The van der Waals surface area contributed by atoms with Crippen molar-refractivity contribution in [1.29, 1.82) is 0 Å². The largest absolute Gasteiger partial charge is 1.00 e. The van der Waals surface area contributed by atoms with Crippen LogP contribution in [0.25, 0.3) is 0 Å². The molecule has 6 nitrogen and oxygen atoms in total. The van der Waals surface area contributed by atoms with Gasteiger partial charge in [-0.15, -0.1) is 0 Å². The summed E-state index contributed by atoms with van der Waals surface area (Å²) in [4.78, 5) is 22.2. The van der Waals surface area contributed by atoms with E-state index in [0.717, 1.165) is 43.5 Å². The Kier molecular flexibility index (Phi) is 7.89. The molecule has 0 saturated carbocycles. The van der Waals surface area contributed by atoms with E-state index in [1.807, 2.05) is 6.07 Å². The van der Waals surface area contributed by atoms with Crippen molar-refractivity contribution in [2.75, 3.05) is 11.9 Å². The number of unbranched alkanes of at least 4 members (excludes halogenated alkanes) is 1. The maximum Gasteiger partial charge on any atom is 0.269 e. The summed E-state index contributed by atoms with van der Waals surface area (Å²) in [5.41, 5.74) is 4.49. The molecule has 0 aromatic heterocycles. The fourth-order valence-electron chi connectivity index (χ4n) is 3.99. The SMILES string of the molecule is CC1=[N+](C(C=O)CCCCNc2ccc([N+](=O)[O-])cc2)c2ccccc2C1(C)C.[Br-]. The number of hydrogen-bond acceptors (Lipinski definition) is 4. The first-order valence-electron chi connectivity index (χ1n) is 10.0. The summed E-state index contributed by atoms with van der Waals surface area (Å²) in [5.74, 6) is 0. The topological polar surface area (TPSA) is 75.2 Å². The highest BCUT2D eigenvalue weighted by Gasteiger charge is 2.45. The summed E-state index contributed by atoms with van der Waals surface area (Å²) in [6.07, 6.45) is 3.67. The number of benzene rings is 2. The van der Waals surface area contributed by atoms with Crippen molar-refractivity contribution in [2.24, 2.45) is 0 Å². The fraction of sp³-hybridized carbons (Fsp3) is 0.391. The number of nitro groups is 1. The van der Waals surface area contributed by atoms with Crippen molar-refractivity contribution >= 4 is 29.1 Å². The minimum atomic E-state index is -0.403. The molecule has 2 aromatic carbocycles. The quantitative estimate of drug-likeness (QED) is 0.198. The molecule has 0 aliphatic carbocycles. The molecule has 0 fully saturated rings. The highest BCUT2D eigenvalue weighted by molar-refractivity contribution is 5.93. The third-order valence-corrected chi connectivity index (χ3v) is 5.93. The van der Waals surface area contributed by atoms with E-state index in [0.29, 0.717) is 0 Å². The number of aldehydes is 1. The van der Waals surface area contributed by atoms with E-state index in [1.165, 1.54) is 23.4 Å². The first kappa shape index (κ1) is 23.7. The zero-order valence-corrected chi connectivity index (χ0v) is 19.2. The predicted molar refractivity (Wildman–Crippen MR) is 115 cm³/mol. The van der Waals surface area contributed by atoms with Gasteiger partial charge in [-0.05, 0) is 38.8 Å². The summed E-state index contributed by atoms with van der Waals surface area (Å²) >= 11 is 0. The second-order valence-corrected chi connectivity index (χ2v) is 8.03. The van der Waals surface area contributed by atoms with Crippen molar-refractivity contribution in [1.82, 2.24) is 0 Å². The lowest BCUT2D eigenvalue weighted by molar-refractivity contribution is -0.467. The molecule has 0 radical (unpaired) electrons. The lowest BCUT2D eigenvalue weighted by atomic mass is 9.82. The number of fused-ring (bicyclic) bond motifs is 1. The minimum Gasteiger partial charge on any atom is -1.00 e. The van der Waals surface area contributed by atoms with E-state index < -0.39 is 4.92 Å². The first-order chi connectivity index (χ1) is 13.9. The van der Waals surface area contributed by atoms with Crippen molar-refractivity contribution in [3.8, 4) is 0 Å². The van der Waals surface area contributed by atoms with E-state index in [4.69, 9.17) is 0 Å². The zero-order valence-electron chi connectivity index (χ0n) is 17.6. The Hall–Kier alpha value is -2.54. The molecule has 0 amide bonds. The van der Waals surface area contributed by atoms with Gasteiger partial charge in [0.1, 0.15) is 0 Å². The van der Waals surface area contributed by atoms with E-state index in [-0.39, 0.29) is 34.1 Å². The standard InChI is InChI=1S/C23H28N3O3.BrH/c1-17-23(2,3)21-9-4-5-10-22(21)25(17)20(16-27)8-6-7-15-24-18-11-13-19(14-12-18)26(28)29;/h4-5,9-14,16,20,24H,6-8,15H2,1-3H3;1H/q+1;/p-1. The molecule has 1 heterocycles. The van der Waals surface area contributed by atoms with Crippen molar-refractivity contribution < 1.29 is 31.3 Å². The summed E-state index contributed by atoms with van der Waals surface area (Å²) in [6.45, 7) is 7.29. The van der Waals surface area contributed by atoms with Crippen LogP contribution in [0.5, 0.6) is 0 Å². The molecule has 30 heavy (non-hydrogen) atoms. The Labute approximate surface area is 187 Å². The molecule has 2 aromatic rings. The first-order valence-corrected chi connectivity index (χ1v) is 10.0. The molecular weight excluding hydrogens is 446 g/mol. The summed E-state index contributed by atoms with van der Waals surface area (Å²) in [5, 5.41) is 14.0. The Balaban J connectivity index is 0.00000320. The van der Waals surface area contributed by atoms with Gasteiger partial charge in [0, 0.05) is 49.3 Å². The highest BCUT2D eigenvalue weighted by atomic mass is 79.9. The Bertz CT molecular complexity index is 939. The van der Waals surface area contributed by atoms with Gasteiger partial charge < -0.3 is 22.3 Å². The van der Waals surface area contributed by atoms with Crippen LogP contribution in [0.3, 0.4) is 0 Å². The molecule has 1 N–H and O–H groups in total. The average molecular weight is 474 g/mol. The van der Waals surface area contributed by atoms with E-state index in [9.17, 15) is 14.9 Å². The molecule has 0 saturated heterocycles. The molecule has 1 atom stereocenters. The fourth-order valence-corrected chi connectivity index (χ4v) is 3.99. The molecular formula is C23H28BrN3O3. The van der Waals surface area contributed by atoms with Gasteiger partial charge in [-0.3, -0.25) is 14.9 Å². The van der Waals surface area contributed by atoms with Gasteiger partial charge in [0.05, 0.1) is 10.3 Å². The predicted octanol–water partition coefficient (Wildman–Crippen LogP) is 1.84. The lowest BCUT2D eigenvalue weighted by Crippen LogP contribution is -3.00. The number of halogens is 1. The molecule has 3 rings (SSSR count). The van der Waals surface area contributed by atoms with Gasteiger partial charge in [-0.25, -0.2) is 0 Å². The normalized spacial score (nSPS) is 15.2. The third-order valence-electron chi connectivity index (χ3n) is 5.93. The van der Waals surface area contributed by atoms with Crippen LogP contribution in [0, 0.1) is 10.1 Å². The summed E-state index contributed by atoms with van der Waals surface area (Å²) < 4.78 is 2.20. The van der Waals surface area contributed by atoms with E-state index in [1.54, 1.807) is 12.1 Å². The van der Waals surface area contributed by atoms with Crippen LogP contribution in [0.4, 0.5) is 17.1 Å². The number of non-ortho nitro benzene ring substituents is 1. The van der Waals surface area contributed by atoms with Crippen molar-refractivity contribution in [3.63, 3.8) is 0 Å². The molecule has 160 valence electrons. The van der Waals surface area contributed by atoms with Crippen LogP contribution >= 0.6 is 0 Å². The maximum absolute atomic E-state index is 11.9. The number of anilines is 1. The summed E-state index contributed by atoms with van der Waals surface area (Å²) in [6, 6.07) is 14.6. The molecule has 7 heteroatoms. The monoisotopic (exact) mass is 473 g/mol. The second kappa shape index (κ2) is 9.98. The summed E-state index contributed by atoms with van der Waals surface area (Å²) in [7, 11) is 0. The Morgan fingerprint density at radius 2 is 1.80 bits per heavy atom. The van der Waals surface area contributed by atoms with Crippen LogP contribution in [0.1, 0.15) is 45.6 Å². The minimum absolute atomic E-state index is 0. The Morgan fingerprint density at radius 3 is 2.43 bits per heavy atom. The molecule has 0 bridgehead atoms. The second-order valence-electron chi connectivity index (χ2n) is 8.03. The number of rotatable bonds is 9. The molecule has 1 aliphatic heterocycles. The van der Waals surface area contributed by atoms with E-state index >= 15 is 0 Å². The number of nitrogens with one attached hydrogen (secondary N) is 1. The number of nitro benzene ring substituents is 1. The average Bonchev–Trinajstić information content (AvgIpc) is 2.92. The van der Waals surface area contributed by atoms with Crippen molar-refractivity contribution in [3.05, 3.63) is 64.2 Å². The number of carbonyl (C=O) groups is 1. The molecule has 1 unspecified atom stereocenters. The van der Waals surface area contributed by atoms with Gasteiger partial charge in [-0.1, -0.05) is 18.2 Å². The zero-order chi connectivity index (χ0) is 21.0. The maximum atomic E-state index is 11.9. The van der Waals surface area contributed by atoms with Crippen LogP contribution in [0.15, 0.2) is 48.5 Å². The number of carbonyl (C=O) groups excluding carboxylic acids is 1. The lowest BCUT2D eigenvalue weighted by Gasteiger charge is -2.15.